The lowest BCUT2D eigenvalue weighted by Crippen LogP contribution is -2.15. The van der Waals surface area contributed by atoms with Crippen molar-refractivity contribution >= 4 is 23.1 Å². The van der Waals surface area contributed by atoms with Crippen LogP contribution in [0.3, 0.4) is 0 Å². The zero-order chi connectivity index (χ0) is 11.4. The molecule has 0 radical (unpaired) electrons. The van der Waals surface area contributed by atoms with E-state index >= 15 is 0 Å². The normalized spacial score (nSPS) is 19.1. The van der Waals surface area contributed by atoms with Gasteiger partial charge < -0.3 is 5.11 Å². The number of aliphatic hydroxyl groups is 1. The van der Waals surface area contributed by atoms with E-state index in [0.717, 1.165) is 28.1 Å². The highest BCUT2D eigenvalue weighted by molar-refractivity contribution is 7.99. The van der Waals surface area contributed by atoms with Crippen LogP contribution in [0.15, 0.2) is 5.38 Å². The Balaban J connectivity index is 1.69. The van der Waals surface area contributed by atoms with Crippen LogP contribution in [-0.2, 0) is 6.42 Å². The van der Waals surface area contributed by atoms with Crippen molar-refractivity contribution in [2.45, 2.75) is 50.4 Å². The molecule has 90 valence electrons. The summed E-state index contributed by atoms with van der Waals surface area (Å²) >= 11 is 3.60. The summed E-state index contributed by atoms with van der Waals surface area (Å²) in [6.45, 7) is 2.00. The molecule has 1 unspecified atom stereocenters. The summed E-state index contributed by atoms with van der Waals surface area (Å²) in [6, 6.07) is 0. The second kappa shape index (κ2) is 6.03. The second-order valence-electron chi connectivity index (χ2n) is 4.48. The summed E-state index contributed by atoms with van der Waals surface area (Å²) in [5, 5.41) is 13.8. The van der Waals surface area contributed by atoms with E-state index in [0.29, 0.717) is 0 Å². The molecule has 2 nitrogen and oxygen atoms in total. The molecule has 0 saturated heterocycles. The van der Waals surface area contributed by atoms with Crippen LogP contribution in [0.25, 0.3) is 0 Å². The van der Waals surface area contributed by atoms with Crippen molar-refractivity contribution in [3.63, 3.8) is 0 Å². The Morgan fingerprint density at radius 3 is 2.94 bits per heavy atom. The van der Waals surface area contributed by atoms with Gasteiger partial charge >= 0.3 is 0 Å². The zero-order valence-electron chi connectivity index (χ0n) is 9.69. The van der Waals surface area contributed by atoms with Crippen LogP contribution in [0.5, 0.6) is 0 Å². The third-order valence-corrected chi connectivity index (χ3v) is 5.41. The van der Waals surface area contributed by atoms with Crippen LogP contribution in [-0.4, -0.2) is 27.2 Å². The summed E-state index contributed by atoms with van der Waals surface area (Å²) in [7, 11) is 0. The predicted octanol–water partition coefficient (Wildman–Crippen LogP) is 3.03. The molecule has 16 heavy (non-hydrogen) atoms. The molecule has 1 aliphatic carbocycles. The second-order valence-corrected chi connectivity index (χ2v) is 6.76. The molecule has 1 saturated carbocycles. The van der Waals surface area contributed by atoms with Crippen LogP contribution in [0.2, 0.25) is 0 Å². The Labute approximate surface area is 105 Å². The molecular weight excluding hydrogens is 238 g/mol. The van der Waals surface area contributed by atoms with Crippen LogP contribution in [0.4, 0.5) is 0 Å². The van der Waals surface area contributed by atoms with E-state index in [-0.39, 0.29) is 6.10 Å². The van der Waals surface area contributed by atoms with Gasteiger partial charge in [-0.25, -0.2) is 4.98 Å². The number of rotatable bonds is 5. The van der Waals surface area contributed by atoms with Crippen molar-refractivity contribution in [3.8, 4) is 0 Å². The molecule has 1 fully saturated rings. The van der Waals surface area contributed by atoms with Crippen LogP contribution in [0, 0.1) is 6.92 Å². The standard InChI is InChI=1S/C12H19NOS2/c1-9-7-16-12(13-9)6-10(14)8-15-11-4-2-3-5-11/h7,10-11,14H,2-6,8H2,1H3. The number of aromatic nitrogens is 1. The quantitative estimate of drug-likeness (QED) is 0.880. The molecule has 1 aliphatic rings. The number of hydrogen-bond donors (Lipinski definition) is 1. The van der Waals surface area contributed by atoms with Gasteiger partial charge in [-0.2, -0.15) is 11.8 Å². The molecular formula is C12H19NOS2. The summed E-state index contributed by atoms with van der Waals surface area (Å²) in [4.78, 5) is 4.38. The largest absolute Gasteiger partial charge is 0.392 e. The van der Waals surface area contributed by atoms with Crippen molar-refractivity contribution < 1.29 is 5.11 Å². The van der Waals surface area contributed by atoms with Crippen molar-refractivity contribution in [2.24, 2.45) is 0 Å². The van der Waals surface area contributed by atoms with Gasteiger partial charge in [0.2, 0.25) is 0 Å². The summed E-state index contributed by atoms with van der Waals surface area (Å²) in [6.07, 6.45) is 5.93. The minimum Gasteiger partial charge on any atom is -0.392 e. The van der Waals surface area contributed by atoms with Gasteiger partial charge in [0.1, 0.15) is 0 Å². The average molecular weight is 257 g/mol. The van der Waals surface area contributed by atoms with E-state index in [1.54, 1.807) is 11.3 Å². The Morgan fingerprint density at radius 1 is 1.56 bits per heavy atom. The molecule has 0 aromatic carbocycles. The van der Waals surface area contributed by atoms with Gasteiger partial charge in [0.15, 0.2) is 0 Å². The van der Waals surface area contributed by atoms with Crippen LogP contribution >= 0.6 is 23.1 Å². The monoisotopic (exact) mass is 257 g/mol. The number of hydrogen-bond acceptors (Lipinski definition) is 4. The van der Waals surface area contributed by atoms with Crippen molar-refractivity contribution in [2.75, 3.05) is 5.75 Å². The highest BCUT2D eigenvalue weighted by Gasteiger charge is 2.17. The third-order valence-electron chi connectivity index (χ3n) is 2.90. The summed E-state index contributed by atoms with van der Waals surface area (Å²) < 4.78 is 0. The molecule has 1 aromatic rings. The van der Waals surface area contributed by atoms with E-state index < -0.39 is 0 Å². The lowest BCUT2D eigenvalue weighted by molar-refractivity contribution is 0.200. The summed E-state index contributed by atoms with van der Waals surface area (Å²) in [5.74, 6) is 0.864. The number of aryl methyl sites for hydroxylation is 1. The van der Waals surface area contributed by atoms with E-state index in [9.17, 15) is 5.11 Å². The molecule has 0 spiro atoms. The molecule has 1 aromatic heterocycles. The number of thiazole rings is 1. The summed E-state index contributed by atoms with van der Waals surface area (Å²) in [5.41, 5.74) is 1.07. The minimum absolute atomic E-state index is 0.226. The van der Waals surface area contributed by atoms with Gasteiger partial charge in [0.25, 0.3) is 0 Å². The fourth-order valence-corrected chi connectivity index (χ4v) is 4.18. The fourth-order valence-electron chi connectivity index (χ4n) is 2.06. The molecule has 2 rings (SSSR count). The smallest absolute Gasteiger partial charge is 0.0954 e. The Kier molecular flexibility index (Phi) is 4.67. The molecule has 1 heterocycles. The van der Waals surface area contributed by atoms with Crippen molar-refractivity contribution in [3.05, 3.63) is 16.1 Å². The van der Waals surface area contributed by atoms with Crippen LogP contribution < -0.4 is 0 Å². The molecule has 0 amide bonds. The van der Waals surface area contributed by atoms with Gasteiger partial charge in [-0.05, 0) is 19.8 Å². The lowest BCUT2D eigenvalue weighted by atomic mass is 10.3. The first-order valence-electron chi connectivity index (χ1n) is 5.94. The Morgan fingerprint density at radius 2 is 2.31 bits per heavy atom. The van der Waals surface area contributed by atoms with Gasteiger partial charge in [-0.3, -0.25) is 0 Å². The van der Waals surface area contributed by atoms with Crippen molar-refractivity contribution in [1.82, 2.24) is 4.98 Å². The van der Waals surface area contributed by atoms with Gasteiger partial charge in [0, 0.05) is 28.5 Å². The number of thioether (sulfide) groups is 1. The highest BCUT2D eigenvalue weighted by atomic mass is 32.2. The average Bonchev–Trinajstić information content (AvgIpc) is 2.87. The van der Waals surface area contributed by atoms with E-state index in [1.807, 2.05) is 24.1 Å². The van der Waals surface area contributed by atoms with Crippen LogP contribution in [0.1, 0.15) is 36.4 Å². The highest BCUT2D eigenvalue weighted by Crippen LogP contribution is 2.30. The topological polar surface area (TPSA) is 33.1 Å². The van der Waals surface area contributed by atoms with Gasteiger partial charge in [-0.1, -0.05) is 12.8 Å². The molecule has 0 bridgehead atoms. The lowest BCUT2D eigenvalue weighted by Gasteiger charge is -2.12. The predicted molar refractivity (Wildman–Crippen MR) is 71.3 cm³/mol. The van der Waals surface area contributed by atoms with Crippen molar-refractivity contribution in [1.29, 1.82) is 0 Å². The first-order chi connectivity index (χ1) is 7.74. The maximum atomic E-state index is 9.92. The maximum absolute atomic E-state index is 9.92. The van der Waals surface area contributed by atoms with E-state index in [1.165, 1.54) is 25.7 Å². The Bertz CT molecular complexity index is 321. The first-order valence-corrected chi connectivity index (χ1v) is 7.87. The molecule has 4 heteroatoms. The first kappa shape index (κ1) is 12.4. The van der Waals surface area contributed by atoms with E-state index in [2.05, 4.69) is 4.98 Å². The maximum Gasteiger partial charge on any atom is 0.0954 e. The van der Waals surface area contributed by atoms with Gasteiger partial charge in [0.05, 0.1) is 11.1 Å². The Hall–Kier alpha value is -0.0600. The molecule has 0 aliphatic heterocycles. The minimum atomic E-state index is -0.226. The molecule has 1 atom stereocenters. The molecule has 1 N–H and O–H groups in total. The fraction of sp³-hybridized carbons (Fsp3) is 0.750. The van der Waals surface area contributed by atoms with E-state index in [4.69, 9.17) is 0 Å². The number of aliphatic hydroxyl groups excluding tert-OH is 1. The zero-order valence-corrected chi connectivity index (χ0v) is 11.3. The SMILES string of the molecule is Cc1csc(CC(O)CSC2CCCC2)n1. The number of nitrogens with zero attached hydrogens (tertiary/aromatic N) is 1. The van der Waals surface area contributed by atoms with Gasteiger partial charge in [-0.15, -0.1) is 11.3 Å². The third kappa shape index (κ3) is 3.75.